The number of esters is 1. The molecule has 16 nitrogen and oxygen atoms in total. The monoisotopic (exact) mass is 858 g/mol. The van der Waals surface area contributed by atoms with Crippen molar-refractivity contribution in [2.75, 3.05) is 47.9 Å². The number of terminal acetylenes is 1. The molecule has 0 radical (unpaired) electrons. The fourth-order valence-corrected chi connectivity index (χ4v) is 9.27. The largest absolute Gasteiger partial charge is 0.459 e. The van der Waals surface area contributed by atoms with Crippen molar-refractivity contribution in [2.24, 2.45) is 28.8 Å². The van der Waals surface area contributed by atoms with E-state index in [1.54, 1.807) is 48.5 Å². The molecule has 0 aliphatic carbocycles. The highest BCUT2D eigenvalue weighted by Crippen LogP contribution is 2.41. The lowest BCUT2D eigenvalue weighted by Crippen LogP contribution is -2.61. The van der Waals surface area contributed by atoms with Crippen LogP contribution < -0.4 is 0 Å². The number of hydrogen-bond acceptors (Lipinski definition) is 16. The van der Waals surface area contributed by atoms with Gasteiger partial charge in [-0.1, -0.05) is 32.9 Å². The average molecular weight is 858 g/mol. The highest BCUT2D eigenvalue weighted by molar-refractivity contribution is 5.88. The van der Waals surface area contributed by atoms with Crippen molar-refractivity contribution in [3.05, 3.63) is 0 Å². The van der Waals surface area contributed by atoms with E-state index in [0.29, 0.717) is 31.6 Å². The summed E-state index contributed by atoms with van der Waals surface area (Å²) >= 11 is 0. The van der Waals surface area contributed by atoms with Gasteiger partial charge in [-0.3, -0.25) is 9.69 Å². The molecular weight excluding hydrogens is 778 g/mol. The van der Waals surface area contributed by atoms with Gasteiger partial charge in [0.2, 0.25) is 0 Å². The van der Waals surface area contributed by atoms with Crippen LogP contribution in [-0.2, 0) is 38.1 Å². The molecule has 3 heterocycles. The van der Waals surface area contributed by atoms with E-state index in [4.69, 9.17) is 39.7 Å². The van der Waals surface area contributed by atoms with E-state index in [0.717, 1.165) is 0 Å². The number of carbonyl (C=O) groups excluding carboxylic acids is 1. The summed E-state index contributed by atoms with van der Waals surface area (Å²) in [5, 5.41) is 64.2. The van der Waals surface area contributed by atoms with Crippen LogP contribution in [0.2, 0.25) is 0 Å². The molecule has 3 rings (SSSR count). The topological polar surface area (TPSA) is 202 Å². The molecule has 3 fully saturated rings. The number of cyclic esters (lactones) is 1. The molecule has 3 saturated heterocycles. The van der Waals surface area contributed by atoms with Crippen LogP contribution in [0, 0.1) is 36.0 Å². The van der Waals surface area contributed by atoms with Gasteiger partial charge in [0, 0.05) is 56.8 Å². The fraction of sp³-hybridized carbons (Fsp3) is 0.909. The van der Waals surface area contributed by atoms with Crippen LogP contribution in [0.5, 0.6) is 0 Å². The van der Waals surface area contributed by atoms with Gasteiger partial charge in [0.25, 0.3) is 0 Å². The Morgan fingerprint density at radius 1 is 0.933 bits per heavy atom. The van der Waals surface area contributed by atoms with Gasteiger partial charge in [-0.2, -0.15) is 0 Å². The van der Waals surface area contributed by atoms with E-state index >= 15 is 0 Å². The number of nitrogens with zero attached hydrogens (tertiary/aromatic N) is 3. The molecule has 0 aromatic heterocycles. The summed E-state index contributed by atoms with van der Waals surface area (Å²) in [6, 6.07) is -0.389. The zero-order valence-electron chi connectivity index (χ0n) is 38.7. The minimum atomic E-state index is -1.94. The number of ether oxygens (including phenoxy) is 6. The quantitative estimate of drug-likeness (QED) is 0.0783. The van der Waals surface area contributed by atoms with E-state index in [1.165, 1.54) is 14.0 Å². The Kier molecular flexibility index (Phi) is 19.3. The molecule has 60 heavy (non-hydrogen) atoms. The molecule has 1 unspecified atom stereocenters. The number of methoxy groups -OCH3 is 1. The van der Waals surface area contributed by atoms with Crippen molar-refractivity contribution in [3.63, 3.8) is 0 Å². The predicted octanol–water partition coefficient (Wildman–Crippen LogP) is 2.54. The van der Waals surface area contributed by atoms with Crippen molar-refractivity contribution in [2.45, 2.75) is 186 Å². The molecule has 3 aliphatic heterocycles. The number of rotatable bonds is 13. The molecule has 0 spiro atoms. The first-order valence-corrected chi connectivity index (χ1v) is 21.7. The first-order valence-electron chi connectivity index (χ1n) is 21.7. The highest BCUT2D eigenvalue weighted by Gasteiger charge is 2.53. The molecule has 0 saturated carbocycles. The Balaban J connectivity index is 2.24. The number of aliphatic hydroxyl groups is 5. The van der Waals surface area contributed by atoms with Crippen molar-refractivity contribution >= 4 is 11.7 Å². The summed E-state index contributed by atoms with van der Waals surface area (Å²) in [5.41, 5.74) is -4.40. The zero-order chi connectivity index (χ0) is 45.5. The van der Waals surface area contributed by atoms with Crippen LogP contribution in [0.15, 0.2) is 5.16 Å². The number of likely N-dealkylation sites (N-methyl/N-ethyl adjacent to an activating group) is 2. The Bertz CT molecular complexity index is 1430. The number of aliphatic hydroxyl groups excluding tert-OH is 3. The Hall–Kier alpha value is -1.98. The van der Waals surface area contributed by atoms with Gasteiger partial charge in [-0.15, -0.1) is 12.3 Å². The highest BCUT2D eigenvalue weighted by atomic mass is 16.7. The lowest BCUT2D eigenvalue weighted by Gasteiger charge is -2.49. The van der Waals surface area contributed by atoms with Crippen LogP contribution in [0.3, 0.4) is 0 Å². The average Bonchev–Trinajstić information content (AvgIpc) is 3.17. The molecule has 5 N–H and O–H groups in total. The standard InChI is InChI=1S/C44H79N3O13/c1-16-18-19-47(14)31-22-26(4)56-41(35(31)48)60-39-28(6)36(59-33-24-43(10,54-15)38(50)30(8)57-33)29(7)40(51)58-32(17-2)44(11,53)37(49)27(5)34(25(3)23-42(39,9)52)45-55-21-20-46(12)13/h1,25-33,35-39,41,48-50,52-53H,17-24H2,2-15H3/b45-34+/t25-,26-,27+,28+,29-,30+,31+,32-,33+,35-,36+,37-,38+,39-,41?,42-,43-,44-/m1/s1. The maximum atomic E-state index is 14.4. The van der Waals surface area contributed by atoms with Crippen LogP contribution in [0.25, 0.3) is 0 Å². The van der Waals surface area contributed by atoms with Gasteiger partial charge in [0.1, 0.15) is 30.5 Å². The summed E-state index contributed by atoms with van der Waals surface area (Å²) in [7, 11) is 7.18. The summed E-state index contributed by atoms with van der Waals surface area (Å²) < 4.78 is 37.9. The summed E-state index contributed by atoms with van der Waals surface area (Å²) in [5.74, 6) is -1.40. The SMILES string of the molecule is C#CCCN(C)[C@H]1C[C@@H](C)OC(O[C@@H]2[C@@H](C)[C@H](O[C@H]3C[C@@](C)(OC)[C@@H](O)[C@H](C)O3)[C@@H](C)C(=O)O[C@H](CC)[C@@](C)(O)[C@H](O)[C@@H](C)/C(=N/OCCN(C)C)[C@H](C)C[C@@]2(C)O)[C@@H]1O. The minimum Gasteiger partial charge on any atom is -0.459 e. The van der Waals surface area contributed by atoms with Gasteiger partial charge in [0.15, 0.2) is 12.6 Å². The fourth-order valence-electron chi connectivity index (χ4n) is 9.27. The van der Waals surface area contributed by atoms with E-state index < -0.39 is 102 Å². The molecule has 0 aromatic rings. The second-order valence-electron chi connectivity index (χ2n) is 18.7. The van der Waals surface area contributed by atoms with Crippen LogP contribution >= 0.6 is 0 Å². The van der Waals surface area contributed by atoms with Crippen molar-refractivity contribution in [3.8, 4) is 12.3 Å². The van der Waals surface area contributed by atoms with E-state index in [9.17, 15) is 30.3 Å². The summed E-state index contributed by atoms with van der Waals surface area (Å²) in [4.78, 5) is 24.1. The normalized spacial score (nSPS) is 44.6. The molecule has 348 valence electrons. The smallest absolute Gasteiger partial charge is 0.311 e. The van der Waals surface area contributed by atoms with Crippen molar-refractivity contribution < 1.29 is 63.6 Å². The van der Waals surface area contributed by atoms with Crippen molar-refractivity contribution in [1.82, 2.24) is 9.80 Å². The summed E-state index contributed by atoms with van der Waals surface area (Å²) in [6.45, 7) is 18.4. The minimum absolute atomic E-state index is 0.00535. The molecule has 3 aliphatic rings. The third-order valence-corrected chi connectivity index (χ3v) is 13.2. The predicted molar refractivity (Wildman–Crippen MR) is 226 cm³/mol. The third kappa shape index (κ3) is 12.6. The summed E-state index contributed by atoms with van der Waals surface area (Å²) in [6.07, 6.45) is -3.52. The van der Waals surface area contributed by atoms with E-state index in [2.05, 4.69) is 11.1 Å². The molecule has 16 heteroatoms. The lowest BCUT2D eigenvalue weighted by molar-refractivity contribution is -0.318. The van der Waals surface area contributed by atoms with Crippen LogP contribution in [-0.4, -0.2) is 179 Å². The van der Waals surface area contributed by atoms with Gasteiger partial charge < -0.3 is 63.7 Å². The second-order valence-corrected chi connectivity index (χ2v) is 18.7. The van der Waals surface area contributed by atoms with Crippen LogP contribution in [0.4, 0.5) is 0 Å². The number of hydrogen-bond donors (Lipinski definition) is 5. The Morgan fingerprint density at radius 2 is 1.58 bits per heavy atom. The van der Waals surface area contributed by atoms with E-state index in [1.807, 2.05) is 44.8 Å². The number of oxime groups is 1. The lowest BCUT2D eigenvalue weighted by atomic mass is 9.73. The maximum absolute atomic E-state index is 14.4. The van der Waals surface area contributed by atoms with Crippen LogP contribution in [0.1, 0.15) is 101 Å². The molecule has 0 bridgehead atoms. The van der Waals surface area contributed by atoms with Gasteiger partial charge in [0.05, 0.1) is 53.4 Å². The third-order valence-electron chi connectivity index (χ3n) is 13.2. The molecular formula is C44H79N3O13. The van der Waals surface area contributed by atoms with Gasteiger partial charge in [-0.25, -0.2) is 0 Å². The molecule has 0 amide bonds. The first kappa shape index (κ1) is 52.4. The second kappa shape index (κ2) is 22.1. The Labute approximate surface area is 359 Å². The maximum Gasteiger partial charge on any atom is 0.311 e. The van der Waals surface area contributed by atoms with Gasteiger partial charge >= 0.3 is 5.97 Å². The molecule has 0 aromatic carbocycles. The van der Waals surface area contributed by atoms with Gasteiger partial charge in [-0.05, 0) is 81.9 Å². The first-order chi connectivity index (χ1) is 27.9. The number of carbonyl (C=O) groups is 1. The molecule has 18 atom stereocenters. The van der Waals surface area contributed by atoms with E-state index in [-0.39, 0.29) is 38.0 Å². The van der Waals surface area contributed by atoms with Crippen molar-refractivity contribution in [1.29, 1.82) is 0 Å². The zero-order valence-corrected chi connectivity index (χ0v) is 38.7. The Morgan fingerprint density at radius 3 is 2.17 bits per heavy atom.